The van der Waals surface area contributed by atoms with Gasteiger partial charge in [0.05, 0.1) is 4.58 Å². The van der Waals surface area contributed by atoms with Crippen molar-refractivity contribution < 1.29 is 14.7 Å². The van der Waals surface area contributed by atoms with E-state index in [-0.39, 0.29) is 5.91 Å². The number of benzene rings is 1. The van der Waals surface area contributed by atoms with Crippen LogP contribution in [0, 0.1) is 0 Å². The Morgan fingerprint density at radius 1 is 1.26 bits per heavy atom. The van der Waals surface area contributed by atoms with Crippen LogP contribution in [0.1, 0.15) is 27.4 Å². The fraction of sp³-hybridized carbons (Fsp3) is 0.385. The number of hydrogen-bond acceptors (Lipinski definition) is 4. The third-order valence-corrected chi connectivity index (χ3v) is 5.89. The third-order valence-electron chi connectivity index (χ3n) is 2.78. The lowest BCUT2D eigenvalue weighted by Gasteiger charge is -2.11. The van der Waals surface area contributed by atoms with E-state index in [4.69, 9.17) is 5.11 Å². The molecule has 1 atom stereocenters. The highest BCUT2D eigenvalue weighted by Gasteiger charge is 2.19. The smallest absolute Gasteiger partial charge is 0.325 e. The normalized spacial score (nSPS) is 17.1. The molecule has 6 heteroatoms. The molecule has 1 aliphatic heterocycles. The first-order chi connectivity index (χ1) is 9.08. The minimum Gasteiger partial charge on any atom is -0.480 e. The Kier molecular flexibility index (Phi) is 4.76. The molecule has 0 unspecified atom stereocenters. The highest BCUT2D eigenvalue weighted by Crippen LogP contribution is 2.45. The molecule has 0 radical (unpaired) electrons. The minimum atomic E-state index is -1.04. The van der Waals surface area contributed by atoms with Crippen molar-refractivity contribution in [3.8, 4) is 0 Å². The van der Waals surface area contributed by atoms with Crippen LogP contribution in [0.25, 0.3) is 0 Å². The number of carbonyl (C=O) groups is 2. The molecule has 1 aromatic rings. The summed E-state index contributed by atoms with van der Waals surface area (Å²) in [7, 11) is 0. The van der Waals surface area contributed by atoms with Gasteiger partial charge in [-0.3, -0.25) is 9.59 Å². The molecular formula is C13H15NO3S2. The number of carbonyl (C=O) groups excluding carboxylic acids is 1. The quantitative estimate of drug-likeness (QED) is 0.893. The number of hydrogen-bond donors (Lipinski definition) is 2. The van der Waals surface area contributed by atoms with Crippen molar-refractivity contribution in [1.82, 2.24) is 5.32 Å². The summed E-state index contributed by atoms with van der Waals surface area (Å²) in [5.74, 6) is 0.929. The molecule has 2 rings (SSSR count). The van der Waals surface area contributed by atoms with Gasteiger partial charge in [-0.1, -0.05) is 12.1 Å². The molecule has 4 nitrogen and oxygen atoms in total. The second-order valence-corrected chi connectivity index (χ2v) is 6.95. The zero-order valence-electron chi connectivity index (χ0n) is 10.5. The lowest BCUT2D eigenvalue weighted by atomic mass is 10.1. The molecule has 1 saturated heterocycles. The average Bonchev–Trinajstić information content (AvgIpc) is 2.92. The Morgan fingerprint density at radius 2 is 1.84 bits per heavy atom. The summed E-state index contributed by atoms with van der Waals surface area (Å²) in [4.78, 5) is 22.5. The standard InChI is InChI=1S/C13H15NO3S2/c1-8(12(16)17)14-11(15)9-2-4-10(5-3-9)13-18-6-7-19-13/h2-5,8,13H,6-7H2,1H3,(H,14,15)(H,16,17)/t8-/m0/s1. The van der Waals surface area contributed by atoms with E-state index in [1.165, 1.54) is 12.5 Å². The maximum Gasteiger partial charge on any atom is 0.325 e. The largest absolute Gasteiger partial charge is 0.480 e. The Labute approximate surface area is 120 Å². The molecule has 2 N–H and O–H groups in total. The van der Waals surface area contributed by atoms with Gasteiger partial charge in [-0.2, -0.15) is 0 Å². The molecule has 102 valence electrons. The van der Waals surface area contributed by atoms with Gasteiger partial charge in [0.15, 0.2) is 0 Å². The fourth-order valence-electron chi connectivity index (χ4n) is 1.68. The molecule has 1 aliphatic rings. The Hall–Kier alpha value is -1.14. The van der Waals surface area contributed by atoms with Gasteiger partial charge in [0.2, 0.25) is 0 Å². The summed E-state index contributed by atoms with van der Waals surface area (Å²) in [6.45, 7) is 1.44. The fourth-order valence-corrected chi connectivity index (χ4v) is 4.54. The maximum atomic E-state index is 11.8. The van der Waals surface area contributed by atoms with E-state index < -0.39 is 12.0 Å². The first-order valence-electron chi connectivity index (χ1n) is 5.95. The van der Waals surface area contributed by atoms with Gasteiger partial charge in [0, 0.05) is 17.1 Å². The molecule has 1 heterocycles. The number of thioether (sulfide) groups is 2. The van der Waals surface area contributed by atoms with E-state index >= 15 is 0 Å². The van der Waals surface area contributed by atoms with E-state index in [2.05, 4.69) is 5.32 Å². The number of rotatable bonds is 4. The molecule has 0 spiro atoms. The van der Waals surface area contributed by atoms with Crippen molar-refractivity contribution >= 4 is 35.4 Å². The second-order valence-electron chi connectivity index (χ2n) is 4.23. The van der Waals surface area contributed by atoms with Crippen LogP contribution in [0.15, 0.2) is 24.3 Å². The Morgan fingerprint density at radius 3 is 2.37 bits per heavy atom. The topological polar surface area (TPSA) is 66.4 Å². The molecule has 1 fully saturated rings. The van der Waals surface area contributed by atoms with Crippen LogP contribution >= 0.6 is 23.5 Å². The van der Waals surface area contributed by atoms with Gasteiger partial charge in [-0.05, 0) is 24.6 Å². The Balaban J connectivity index is 2.01. The van der Waals surface area contributed by atoms with E-state index in [0.29, 0.717) is 10.1 Å². The first kappa shape index (κ1) is 14.3. The zero-order valence-corrected chi connectivity index (χ0v) is 12.1. The van der Waals surface area contributed by atoms with Gasteiger partial charge in [-0.15, -0.1) is 23.5 Å². The number of amides is 1. The molecule has 1 amide bonds. The van der Waals surface area contributed by atoms with Crippen LogP contribution in [0.4, 0.5) is 0 Å². The van der Waals surface area contributed by atoms with Gasteiger partial charge in [-0.25, -0.2) is 0 Å². The van der Waals surface area contributed by atoms with E-state index in [9.17, 15) is 9.59 Å². The number of nitrogens with one attached hydrogen (secondary N) is 1. The van der Waals surface area contributed by atoms with Gasteiger partial charge in [0.25, 0.3) is 5.91 Å². The summed E-state index contributed by atoms with van der Waals surface area (Å²) in [6, 6.07) is 6.50. The molecule has 0 saturated carbocycles. The molecule has 1 aromatic carbocycles. The highest BCUT2D eigenvalue weighted by molar-refractivity contribution is 8.19. The van der Waals surface area contributed by atoms with Crippen molar-refractivity contribution in [2.24, 2.45) is 0 Å². The summed E-state index contributed by atoms with van der Waals surface area (Å²) in [6.07, 6.45) is 0. The zero-order chi connectivity index (χ0) is 13.8. The Bertz CT molecular complexity index is 469. The summed E-state index contributed by atoms with van der Waals surface area (Å²) >= 11 is 3.82. The van der Waals surface area contributed by atoms with Gasteiger partial charge in [0.1, 0.15) is 6.04 Å². The molecule has 19 heavy (non-hydrogen) atoms. The average molecular weight is 297 g/mol. The second kappa shape index (κ2) is 6.34. The van der Waals surface area contributed by atoms with Crippen molar-refractivity contribution in [2.45, 2.75) is 17.5 Å². The molecular weight excluding hydrogens is 282 g/mol. The van der Waals surface area contributed by atoms with Crippen LogP contribution in [-0.4, -0.2) is 34.5 Å². The minimum absolute atomic E-state index is 0.354. The van der Waals surface area contributed by atoms with Crippen molar-refractivity contribution in [1.29, 1.82) is 0 Å². The molecule has 0 aliphatic carbocycles. The first-order valence-corrected chi connectivity index (χ1v) is 8.04. The van der Waals surface area contributed by atoms with Crippen LogP contribution in [0.5, 0.6) is 0 Å². The monoisotopic (exact) mass is 297 g/mol. The summed E-state index contributed by atoms with van der Waals surface area (Å²) in [5, 5.41) is 11.2. The predicted molar refractivity (Wildman–Crippen MR) is 78.7 cm³/mol. The molecule has 0 bridgehead atoms. The van der Waals surface area contributed by atoms with E-state index in [1.54, 1.807) is 12.1 Å². The van der Waals surface area contributed by atoms with Gasteiger partial charge >= 0.3 is 5.97 Å². The number of carboxylic acids is 1. The van der Waals surface area contributed by atoms with Crippen molar-refractivity contribution in [3.05, 3.63) is 35.4 Å². The van der Waals surface area contributed by atoms with Crippen LogP contribution in [-0.2, 0) is 4.79 Å². The summed E-state index contributed by atoms with van der Waals surface area (Å²) < 4.78 is 0.454. The predicted octanol–water partition coefficient (Wildman–Crippen LogP) is 2.37. The SMILES string of the molecule is C[C@H](NC(=O)c1ccc(C2SCCS2)cc1)C(=O)O. The number of aliphatic carboxylic acids is 1. The lowest BCUT2D eigenvalue weighted by Crippen LogP contribution is -2.38. The van der Waals surface area contributed by atoms with Crippen LogP contribution in [0.3, 0.4) is 0 Å². The third kappa shape index (κ3) is 3.67. The highest BCUT2D eigenvalue weighted by atomic mass is 32.2. The maximum absolute atomic E-state index is 11.8. The number of carboxylic acid groups (broad SMARTS) is 1. The van der Waals surface area contributed by atoms with Crippen LogP contribution < -0.4 is 5.32 Å². The lowest BCUT2D eigenvalue weighted by molar-refractivity contribution is -0.138. The summed E-state index contributed by atoms with van der Waals surface area (Å²) in [5.41, 5.74) is 1.69. The van der Waals surface area contributed by atoms with Crippen LogP contribution in [0.2, 0.25) is 0 Å². The van der Waals surface area contributed by atoms with E-state index in [1.807, 2.05) is 35.7 Å². The van der Waals surface area contributed by atoms with Gasteiger partial charge < -0.3 is 10.4 Å². The van der Waals surface area contributed by atoms with Crippen molar-refractivity contribution in [3.63, 3.8) is 0 Å². The molecule has 0 aromatic heterocycles. The van der Waals surface area contributed by atoms with E-state index in [0.717, 1.165) is 11.5 Å². The van der Waals surface area contributed by atoms with Crippen molar-refractivity contribution in [2.75, 3.05) is 11.5 Å².